The van der Waals surface area contributed by atoms with Crippen molar-refractivity contribution in [2.24, 2.45) is 11.8 Å². The van der Waals surface area contributed by atoms with Gasteiger partial charge < -0.3 is 14.7 Å². The van der Waals surface area contributed by atoms with E-state index in [-0.39, 0.29) is 12.0 Å². The number of aliphatic carboxylic acids is 1. The van der Waals surface area contributed by atoms with Crippen LogP contribution in [0, 0.1) is 11.8 Å². The Morgan fingerprint density at radius 2 is 1.41 bits per heavy atom. The molecule has 4 nitrogen and oxygen atoms in total. The molecule has 1 aliphatic heterocycles. The largest absolute Gasteiger partial charge is 0.481 e. The minimum atomic E-state index is -0.734. The Hall–Kier alpha value is -3.21. The first-order valence-corrected chi connectivity index (χ1v) is 12.1. The predicted molar refractivity (Wildman–Crippen MR) is 136 cm³/mol. The van der Waals surface area contributed by atoms with Crippen molar-refractivity contribution in [2.45, 2.75) is 18.9 Å². The molecule has 0 saturated carbocycles. The van der Waals surface area contributed by atoms with E-state index in [0.29, 0.717) is 6.61 Å². The van der Waals surface area contributed by atoms with Crippen LogP contribution in [0.2, 0.25) is 0 Å². The molecular weight excluding hydrogens is 422 g/mol. The van der Waals surface area contributed by atoms with Crippen LogP contribution in [0.1, 0.15) is 35.6 Å². The fourth-order valence-corrected chi connectivity index (χ4v) is 4.70. The van der Waals surface area contributed by atoms with Crippen molar-refractivity contribution in [2.75, 3.05) is 26.2 Å². The number of piperidine rings is 1. The van der Waals surface area contributed by atoms with Crippen LogP contribution in [0.25, 0.3) is 6.08 Å². The average Bonchev–Trinajstić information content (AvgIpc) is 2.89. The fourth-order valence-electron chi connectivity index (χ4n) is 4.70. The average molecular weight is 456 g/mol. The molecular formula is C30H33NO3. The van der Waals surface area contributed by atoms with Gasteiger partial charge in [0.15, 0.2) is 0 Å². The first-order chi connectivity index (χ1) is 16.7. The van der Waals surface area contributed by atoms with E-state index in [4.69, 9.17) is 4.74 Å². The summed E-state index contributed by atoms with van der Waals surface area (Å²) in [6.07, 6.45) is 5.49. The Bertz CT molecular complexity index is 989. The molecule has 1 saturated heterocycles. The summed E-state index contributed by atoms with van der Waals surface area (Å²) >= 11 is 0. The topological polar surface area (TPSA) is 49.8 Å². The number of carbonyl (C=O) groups is 1. The van der Waals surface area contributed by atoms with Crippen molar-refractivity contribution in [3.63, 3.8) is 0 Å². The SMILES string of the molecule is O=C(O)C(C=Cc1ccccc1)C1CCN(CCOC(c2ccccc2)c2ccccc2)CC1. The van der Waals surface area contributed by atoms with Gasteiger partial charge in [0.05, 0.1) is 12.5 Å². The number of benzene rings is 3. The summed E-state index contributed by atoms with van der Waals surface area (Å²) in [6, 6.07) is 30.6. The van der Waals surface area contributed by atoms with Gasteiger partial charge in [-0.25, -0.2) is 0 Å². The lowest BCUT2D eigenvalue weighted by atomic mass is 9.83. The van der Waals surface area contributed by atoms with Gasteiger partial charge in [0.1, 0.15) is 6.10 Å². The quantitative estimate of drug-likeness (QED) is 0.412. The van der Waals surface area contributed by atoms with E-state index in [2.05, 4.69) is 29.2 Å². The third kappa shape index (κ3) is 6.66. The van der Waals surface area contributed by atoms with E-state index in [9.17, 15) is 9.90 Å². The molecule has 3 aromatic rings. The molecule has 4 rings (SSSR count). The van der Waals surface area contributed by atoms with Crippen LogP contribution in [0.4, 0.5) is 0 Å². The Labute approximate surface area is 202 Å². The van der Waals surface area contributed by atoms with Crippen LogP contribution in [0.5, 0.6) is 0 Å². The molecule has 3 aromatic carbocycles. The molecule has 1 aliphatic rings. The minimum absolute atomic E-state index is 0.0838. The van der Waals surface area contributed by atoms with E-state index in [1.54, 1.807) is 0 Å². The van der Waals surface area contributed by atoms with E-state index in [1.807, 2.05) is 78.9 Å². The van der Waals surface area contributed by atoms with E-state index in [0.717, 1.165) is 49.2 Å². The second-order valence-electron chi connectivity index (χ2n) is 8.89. The number of likely N-dealkylation sites (tertiary alicyclic amines) is 1. The van der Waals surface area contributed by atoms with Gasteiger partial charge in [0.2, 0.25) is 0 Å². The highest BCUT2D eigenvalue weighted by Crippen LogP contribution is 2.28. The molecule has 0 aromatic heterocycles. The van der Waals surface area contributed by atoms with Crippen molar-refractivity contribution >= 4 is 12.0 Å². The Morgan fingerprint density at radius 3 is 1.94 bits per heavy atom. The zero-order valence-electron chi connectivity index (χ0n) is 19.5. The van der Waals surface area contributed by atoms with Crippen LogP contribution in [0.15, 0.2) is 97.1 Å². The van der Waals surface area contributed by atoms with E-state index < -0.39 is 11.9 Å². The smallest absolute Gasteiger partial charge is 0.310 e. The van der Waals surface area contributed by atoms with Crippen LogP contribution < -0.4 is 0 Å². The number of hydrogen-bond acceptors (Lipinski definition) is 3. The third-order valence-electron chi connectivity index (χ3n) is 6.62. The van der Waals surface area contributed by atoms with Gasteiger partial charge in [0.25, 0.3) is 0 Å². The normalized spacial score (nSPS) is 16.1. The molecule has 34 heavy (non-hydrogen) atoms. The summed E-state index contributed by atoms with van der Waals surface area (Å²) in [4.78, 5) is 14.3. The molecule has 1 atom stereocenters. The summed E-state index contributed by atoms with van der Waals surface area (Å²) < 4.78 is 6.37. The molecule has 1 unspecified atom stereocenters. The standard InChI is InChI=1S/C30H33NO3/c32-30(33)28(17-16-24-10-4-1-5-11-24)25-18-20-31(21-19-25)22-23-34-29(26-12-6-2-7-13-26)27-14-8-3-9-15-27/h1-17,25,28-29H,18-23H2,(H,32,33). The van der Waals surface area contributed by atoms with Crippen molar-refractivity contribution in [1.82, 2.24) is 4.90 Å². The Kier molecular flexibility index (Phi) is 8.66. The lowest BCUT2D eigenvalue weighted by Crippen LogP contribution is -2.39. The summed E-state index contributed by atoms with van der Waals surface area (Å²) in [6.45, 7) is 3.28. The number of carboxylic acid groups (broad SMARTS) is 1. The third-order valence-corrected chi connectivity index (χ3v) is 6.62. The van der Waals surface area contributed by atoms with Crippen molar-refractivity contribution in [3.8, 4) is 0 Å². The predicted octanol–water partition coefficient (Wildman–Crippen LogP) is 5.92. The highest BCUT2D eigenvalue weighted by atomic mass is 16.5. The van der Waals surface area contributed by atoms with Crippen molar-refractivity contribution in [3.05, 3.63) is 114 Å². The van der Waals surface area contributed by atoms with E-state index in [1.165, 1.54) is 0 Å². The van der Waals surface area contributed by atoms with Gasteiger partial charge in [-0.05, 0) is 48.5 Å². The summed E-state index contributed by atoms with van der Waals surface area (Å²) in [5.74, 6) is -1.02. The lowest BCUT2D eigenvalue weighted by Gasteiger charge is -2.34. The first-order valence-electron chi connectivity index (χ1n) is 12.1. The second-order valence-corrected chi connectivity index (χ2v) is 8.89. The first kappa shape index (κ1) is 23.9. The zero-order chi connectivity index (χ0) is 23.6. The maximum atomic E-state index is 11.9. The van der Waals surface area contributed by atoms with Gasteiger partial charge in [0, 0.05) is 6.54 Å². The highest BCUT2D eigenvalue weighted by molar-refractivity contribution is 5.74. The van der Waals surface area contributed by atoms with Crippen molar-refractivity contribution in [1.29, 1.82) is 0 Å². The van der Waals surface area contributed by atoms with Gasteiger partial charge in [-0.2, -0.15) is 0 Å². The summed E-state index contributed by atoms with van der Waals surface area (Å²) in [7, 11) is 0. The minimum Gasteiger partial charge on any atom is -0.481 e. The Morgan fingerprint density at radius 1 is 0.882 bits per heavy atom. The van der Waals surface area contributed by atoms with Crippen LogP contribution >= 0.6 is 0 Å². The van der Waals surface area contributed by atoms with Gasteiger partial charge >= 0.3 is 5.97 Å². The molecule has 0 amide bonds. The van der Waals surface area contributed by atoms with Gasteiger partial charge in [-0.3, -0.25) is 4.79 Å². The maximum absolute atomic E-state index is 11.9. The number of hydrogen-bond donors (Lipinski definition) is 1. The molecule has 4 heteroatoms. The highest BCUT2D eigenvalue weighted by Gasteiger charge is 2.29. The molecule has 0 aliphatic carbocycles. The molecule has 1 heterocycles. The number of carboxylic acids is 1. The summed E-state index contributed by atoms with van der Waals surface area (Å²) in [5, 5.41) is 9.80. The van der Waals surface area contributed by atoms with Crippen LogP contribution in [-0.2, 0) is 9.53 Å². The number of nitrogens with zero attached hydrogens (tertiary/aromatic N) is 1. The van der Waals surface area contributed by atoms with Crippen molar-refractivity contribution < 1.29 is 14.6 Å². The lowest BCUT2D eigenvalue weighted by molar-refractivity contribution is -0.142. The fraction of sp³-hybridized carbons (Fsp3) is 0.300. The molecule has 1 fully saturated rings. The monoisotopic (exact) mass is 455 g/mol. The van der Waals surface area contributed by atoms with E-state index >= 15 is 0 Å². The molecule has 0 spiro atoms. The molecule has 0 bridgehead atoms. The summed E-state index contributed by atoms with van der Waals surface area (Å²) in [5.41, 5.74) is 3.35. The second kappa shape index (κ2) is 12.3. The molecule has 0 radical (unpaired) electrons. The van der Waals surface area contributed by atoms with Crippen LogP contribution in [0.3, 0.4) is 0 Å². The molecule has 1 N–H and O–H groups in total. The molecule has 176 valence electrons. The van der Waals surface area contributed by atoms with Crippen LogP contribution in [-0.4, -0.2) is 42.2 Å². The Balaban J connectivity index is 1.29. The maximum Gasteiger partial charge on any atom is 0.310 e. The van der Waals surface area contributed by atoms with Gasteiger partial charge in [-0.1, -0.05) is 103 Å². The number of ether oxygens (including phenoxy) is 1. The zero-order valence-corrected chi connectivity index (χ0v) is 19.5. The van der Waals surface area contributed by atoms with Gasteiger partial charge in [-0.15, -0.1) is 0 Å². The number of rotatable bonds is 10.